The van der Waals surface area contributed by atoms with E-state index in [0.29, 0.717) is 6.42 Å². The second-order valence-corrected chi connectivity index (χ2v) is 4.36. The Morgan fingerprint density at radius 1 is 1.50 bits per heavy atom. The third kappa shape index (κ3) is 4.20. The number of carbonyl (C=O) groups excluding carboxylic acids is 1. The molecule has 0 spiro atoms. The summed E-state index contributed by atoms with van der Waals surface area (Å²) in [5.74, 6) is -1.12. The fourth-order valence-electron chi connectivity index (χ4n) is 1.75. The number of hydrogen-bond donors (Lipinski definition) is 2. The van der Waals surface area contributed by atoms with Crippen molar-refractivity contribution in [3.05, 3.63) is 17.5 Å². The number of nitrogens with one attached hydrogen (secondary N) is 1. The topological polar surface area (TPSA) is 84.2 Å². The number of nitrogens with zero attached hydrogens (tertiary/aromatic N) is 2. The summed E-state index contributed by atoms with van der Waals surface area (Å²) in [4.78, 5) is 22.4. The molecule has 1 rings (SSSR count). The fourth-order valence-corrected chi connectivity index (χ4v) is 1.75. The predicted octanol–water partition coefficient (Wildman–Crippen LogP) is 0.869. The predicted molar refractivity (Wildman–Crippen MR) is 66.2 cm³/mol. The van der Waals surface area contributed by atoms with Gasteiger partial charge in [-0.1, -0.05) is 6.92 Å². The minimum absolute atomic E-state index is 0.0562. The van der Waals surface area contributed by atoms with E-state index in [-0.39, 0.29) is 24.9 Å². The van der Waals surface area contributed by atoms with E-state index in [9.17, 15) is 9.59 Å². The Hall–Kier alpha value is -1.85. The van der Waals surface area contributed by atoms with Crippen LogP contribution < -0.4 is 5.32 Å². The van der Waals surface area contributed by atoms with Crippen molar-refractivity contribution in [3.8, 4) is 0 Å². The van der Waals surface area contributed by atoms with Crippen LogP contribution in [0.1, 0.15) is 31.2 Å². The van der Waals surface area contributed by atoms with E-state index in [1.54, 1.807) is 4.68 Å². The Morgan fingerprint density at radius 2 is 2.17 bits per heavy atom. The molecule has 0 saturated carbocycles. The third-order valence-corrected chi connectivity index (χ3v) is 2.68. The molecule has 0 aromatic carbocycles. The first-order valence-corrected chi connectivity index (χ1v) is 5.94. The molecule has 1 aromatic rings. The van der Waals surface area contributed by atoms with Crippen LogP contribution in [-0.4, -0.2) is 32.8 Å². The van der Waals surface area contributed by atoms with Crippen LogP contribution in [0.3, 0.4) is 0 Å². The minimum Gasteiger partial charge on any atom is -0.481 e. The zero-order chi connectivity index (χ0) is 13.7. The first-order chi connectivity index (χ1) is 8.42. The fraction of sp³-hybridized carbons (Fsp3) is 0.583. The molecule has 6 heteroatoms. The lowest BCUT2D eigenvalue weighted by molar-refractivity contribution is -0.137. The van der Waals surface area contributed by atoms with Crippen molar-refractivity contribution in [2.24, 2.45) is 0 Å². The number of aryl methyl sites for hydroxylation is 2. The summed E-state index contributed by atoms with van der Waals surface area (Å²) in [5.41, 5.74) is 1.77. The van der Waals surface area contributed by atoms with Gasteiger partial charge >= 0.3 is 5.97 Å². The van der Waals surface area contributed by atoms with E-state index in [2.05, 4.69) is 10.4 Å². The Balaban J connectivity index is 2.55. The number of carboxylic acids is 1. The number of carbonyl (C=O) groups is 2. The number of rotatable bonds is 6. The van der Waals surface area contributed by atoms with Crippen LogP contribution in [0.2, 0.25) is 0 Å². The lowest BCUT2D eigenvalue weighted by Gasteiger charge is -2.15. The van der Waals surface area contributed by atoms with Crippen LogP contribution in [-0.2, 0) is 16.1 Å². The van der Waals surface area contributed by atoms with Gasteiger partial charge in [-0.2, -0.15) is 5.10 Å². The highest BCUT2D eigenvalue weighted by molar-refractivity contribution is 5.77. The summed E-state index contributed by atoms with van der Waals surface area (Å²) in [5, 5.41) is 15.6. The van der Waals surface area contributed by atoms with Crippen LogP contribution in [0.5, 0.6) is 0 Å². The maximum atomic E-state index is 11.8. The summed E-state index contributed by atoms with van der Waals surface area (Å²) in [6.45, 7) is 5.70. The van der Waals surface area contributed by atoms with Crippen molar-refractivity contribution < 1.29 is 14.7 Å². The second kappa shape index (κ2) is 6.18. The molecule has 1 unspecified atom stereocenters. The Morgan fingerprint density at radius 3 is 2.61 bits per heavy atom. The second-order valence-electron chi connectivity index (χ2n) is 4.36. The van der Waals surface area contributed by atoms with Gasteiger partial charge in [0.15, 0.2) is 0 Å². The molecule has 0 aliphatic carbocycles. The summed E-state index contributed by atoms with van der Waals surface area (Å²) in [6, 6.07) is 1.56. The van der Waals surface area contributed by atoms with Gasteiger partial charge < -0.3 is 10.4 Å². The first kappa shape index (κ1) is 14.2. The van der Waals surface area contributed by atoms with Crippen molar-refractivity contribution in [2.75, 3.05) is 0 Å². The largest absolute Gasteiger partial charge is 0.481 e. The van der Waals surface area contributed by atoms with E-state index in [1.165, 1.54) is 0 Å². The van der Waals surface area contributed by atoms with E-state index >= 15 is 0 Å². The van der Waals surface area contributed by atoms with Crippen molar-refractivity contribution in [1.29, 1.82) is 0 Å². The summed E-state index contributed by atoms with van der Waals surface area (Å²) >= 11 is 0. The molecule has 1 atom stereocenters. The van der Waals surface area contributed by atoms with Crippen molar-refractivity contribution >= 4 is 11.9 Å². The van der Waals surface area contributed by atoms with Gasteiger partial charge in [0, 0.05) is 11.7 Å². The molecule has 1 heterocycles. The Labute approximate surface area is 106 Å². The molecule has 100 valence electrons. The Bertz CT molecular complexity index is 440. The molecule has 0 bridgehead atoms. The van der Waals surface area contributed by atoms with Gasteiger partial charge in [0.1, 0.15) is 6.54 Å². The van der Waals surface area contributed by atoms with E-state index in [4.69, 9.17) is 5.11 Å². The highest BCUT2D eigenvalue weighted by Crippen LogP contribution is 2.02. The van der Waals surface area contributed by atoms with E-state index in [1.807, 2.05) is 26.8 Å². The van der Waals surface area contributed by atoms with E-state index < -0.39 is 5.97 Å². The number of hydrogen-bond acceptors (Lipinski definition) is 3. The molecule has 0 aliphatic rings. The van der Waals surface area contributed by atoms with Crippen LogP contribution in [0.25, 0.3) is 0 Å². The lowest BCUT2D eigenvalue weighted by atomic mass is 10.1. The van der Waals surface area contributed by atoms with Gasteiger partial charge in [-0.3, -0.25) is 14.3 Å². The molecule has 2 N–H and O–H groups in total. The average Bonchev–Trinajstić information content (AvgIpc) is 2.55. The van der Waals surface area contributed by atoms with Crippen LogP contribution in [0.15, 0.2) is 6.07 Å². The van der Waals surface area contributed by atoms with Gasteiger partial charge in [0.25, 0.3) is 0 Å². The smallest absolute Gasteiger partial charge is 0.305 e. The molecule has 0 aliphatic heterocycles. The first-order valence-electron chi connectivity index (χ1n) is 5.94. The van der Waals surface area contributed by atoms with Gasteiger partial charge in [0.05, 0.1) is 12.1 Å². The third-order valence-electron chi connectivity index (χ3n) is 2.68. The van der Waals surface area contributed by atoms with Crippen LogP contribution >= 0.6 is 0 Å². The van der Waals surface area contributed by atoms with Crippen molar-refractivity contribution in [1.82, 2.24) is 15.1 Å². The molecule has 1 aromatic heterocycles. The minimum atomic E-state index is -0.909. The summed E-state index contributed by atoms with van der Waals surface area (Å²) in [6.07, 6.45) is 0.536. The molecular formula is C12H19N3O3. The maximum Gasteiger partial charge on any atom is 0.305 e. The van der Waals surface area contributed by atoms with Crippen LogP contribution in [0, 0.1) is 13.8 Å². The van der Waals surface area contributed by atoms with Crippen molar-refractivity contribution in [2.45, 2.75) is 46.2 Å². The Kier molecular flexibility index (Phi) is 4.88. The standard InChI is InChI=1S/C12H19N3O3/c1-4-10(6-12(17)18)13-11(16)7-15-9(3)5-8(2)14-15/h5,10H,4,6-7H2,1-3H3,(H,13,16)(H,17,18). The maximum absolute atomic E-state index is 11.8. The zero-order valence-electron chi connectivity index (χ0n) is 10.9. The SMILES string of the molecule is CCC(CC(=O)O)NC(=O)Cn1nc(C)cc1C. The number of amides is 1. The van der Waals surface area contributed by atoms with Gasteiger partial charge in [-0.15, -0.1) is 0 Å². The van der Waals surface area contributed by atoms with Gasteiger partial charge in [-0.05, 0) is 26.3 Å². The highest BCUT2D eigenvalue weighted by Gasteiger charge is 2.15. The molecule has 0 fully saturated rings. The monoisotopic (exact) mass is 253 g/mol. The normalized spacial score (nSPS) is 12.2. The highest BCUT2D eigenvalue weighted by atomic mass is 16.4. The molecular weight excluding hydrogens is 234 g/mol. The lowest BCUT2D eigenvalue weighted by Crippen LogP contribution is -2.38. The molecule has 0 radical (unpaired) electrons. The summed E-state index contributed by atoms with van der Waals surface area (Å²) in [7, 11) is 0. The number of carboxylic acid groups (broad SMARTS) is 1. The van der Waals surface area contributed by atoms with Gasteiger partial charge in [-0.25, -0.2) is 0 Å². The van der Waals surface area contributed by atoms with E-state index in [0.717, 1.165) is 11.4 Å². The average molecular weight is 253 g/mol. The van der Waals surface area contributed by atoms with Crippen molar-refractivity contribution in [3.63, 3.8) is 0 Å². The quantitative estimate of drug-likeness (QED) is 0.787. The van der Waals surface area contributed by atoms with Crippen LogP contribution in [0.4, 0.5) is 0 Å². The molecule has 0 saturated heterocycles. The molecule has 6 nitrogen and oxygen atoms in total. The zero-order valence-corrected chi connectivity index (χ0v) is 10.9. The summed E-state index contributed by atoms with van der Waals surface area (Å²) < 4.78 is 1.61. The molecule has 1 amide bonds. The molecule has 18 heavy (non-hydrogen) atoms. The van der Waals surface area contributed by atoms with Gasteiger partial charge in [0.2, 0.25) is 5.91 Å². The number of aliphatic carboxylic acids is 1. The number of aromatic nitrogens is 2.